The second kappa shape index (κ2) is 6.88. The van der Waals surface area contributed by atoms with Gasteiger partial charge >= 0.3 is 6.03 Å². The van der Waals surface area contributed by atoms with Gasteiger partial charge in [-0.15, -0.1) is 11.3 Å². The number of morpholine rings is 1. The first-order valence-electron chi connectivity index (χ1n) is 8.08. The Labute approximate surface area is 140 Å². The van der Waals surface area contributed by atoms with Crippen molar-refractivity contribution in [2.75, 3.05) is 26.2 Å². The molecule has 3 amide bonds. The number of nitrogens with one attached hydrogen (secondary N) is 1. The smallest absolute Gasteiger partial charge is 0.314 e. The Kier molecular flexibility index (Phi) is 4.87. The highest BCUT2D eigenvalue weighted by molar-refractivity contribution is 7.14. The monoisotopic (exact) mass is 337 g/mol. The van der Waals surface area contributed by atoms with Gasteiger partial charge in [0.15, 0.2) is 0 Å². The fourth-order valence-electron chi connectivity index (χ4n) is 3.15. The first-order valence-corrected chi connectivity index (χ1v) is 8.90. The van der Waals surface area contributed by atoms with Gasteiger partial charge in [-0.05, 0) is 36.8 Å². The molecular weight excluding hydrogens is 314 g/mol. The molecule has 3 N–H and O–H groups in total. The summed E-state index contributed by atoms with van der Waals surface area (Å²) in [6.45, 7) is 4.03. The Balaban J connectivity index is 1.54. The Morgan fingerprint density at radius 3 is 3.13 bits per heavy atom. The van der Waals surface area contributed by atoms with Crippen LogP contribution in [0.25, 0.3) is 0 Å². The van der Waals surface area contributed by atoms with Crippen molar-refractivity contribution in [3.8, 4) is 0 Å². The molecule has 1 aliphatic heterocycles. The molecule has 0 bridgehead atoms. The molecule has 0 radical (unpaired) electrons. The number of ether oxygens (including phenoxy) is 1. The van der Waals surface area contributed by atoms with Crippen LogP contribution in [0.4, 0.5) is 4.79 Å². The lowest BCUT2D eigenvalue weighted by atomic mass is 9.90. The molecule has 6 nitrogen and oxygen atoms in total. The third-order valence-electron chi connectivity index (χ3n) is 4.49. The van der Waals surface area contributed by atoms with Gasteiger partial charge in [0, 0.05) is 18.0 Å². The number of thiophene rings is 1. The lowest BCUT2D eigenvalue weighted by molar-refractivity contribution is -0.0110. The van der Waals surface area contributed by atoms with E-state index in [1.807, 2.05) is 6.07 Å². The zero-order valence-electron chi connectivity index (χ0n) is 13.3. The quantitative estimate of drug-likeness (QED) is 0.874. The number of primary amides is 1. The summed E-state index contributed by atoms with van der Waals surface area (Å²) in [4.78, 5) is 27.2. The van der Waals surface area contributed by atoms with E-state index >= 15 is 0 Å². The van der Waals surface area contributed by atoms with Gasteiger partial charge in [0.2, 0.25) is 0 Å². The lowest BCUT2D eigenvalue weighted by Gasteiger charge is -2.31. The topological polar surface area (TPSA) is 84.7 Å². The number of nitrogens with zero attached hydrogens (tertiary/aromatic N) is 1. The van der Waals surface area contributed by atoms with E-state index < -0.39 is 6.03 Å². The molecule has 0 spiro atoms. The summed E-state index contributed by atoms with van der Waals surface area (Å²) in [5, 5.41) is 2.92. The van der Waals surface area contributed by atoms with E-state index in [9.17, 15) is 9.59 Å². The van der Waals surface area contributed by atoms with Gasteiger partial charge in [0.05, 0.1) is 24.1 Å². The minimum Gasteiger partial charge on any atom is -0.373 e. The number of hydrogen-bond donors (Lipinski definition) is 2. The fourth-order valence-corrected chi connectivity index (χ4v) is 4.28. The van der Waals surface area contributed by atoms with Crippen molar-refractivity contribution in [2.45, 2.75) is 32.3 Å². The van der Waals surface area contributed by atoms with Crippen LogP contribution in [0.1, 0.15) is 33.5 Å². The number of carbonyl (C=O) groups is 2. The lowest BCUT2D eigenvalue weighted by Crippen LogP contribution is -2.51. The summed E-state index contributed by atoms with van der Waals surface area (Å²) in [6.07, 6.45) is 3.15. The summed E-state index contributed by atoms with van der Waals surface area (Å²) in [5.41, 5.74) is 6.62. The Morgan fingerprint density at radius 1 is 1.52 bits per heavy atom. The fraction of sp³-hybridized carbons (Fsp3) is 0.625. The maximum absolute atomic E-state index is 12.3. The summed E-state index contributed by atoms with van der Waals surface area (Å²) in [7, 11) is 0. The molecule has 7 heteroatoms. The highest BCUT2D eigenvalue weighted by atomic mass is 32.1. The minimum absolute atomic E-state index is 0.0585. The van der Waals surface area contributed by atoms with E-state index in [2.05, 4.69) is 12.2 Å². The first-order chi connectivity index (χ1) is 11.0. The molecule has 0 unspecified atom stereocenters. The zero-order chi connectivity index (χ0) is 16.4. The average Bonchev–Trinajstić information content (AvgIpc) is 2.96. The van der Waals surface area contributed by atoms with Crippen molar-refractivity contribution in [1.29, 1.82) is 0 Å². The van der Waals surface area contributed by atoms with Crippen LogP contribution in [0.2, 0.25) is 0 Å². The van der Waals surface area contributed by atoms with Crippen LogP contribution >= 0.6 is 11.3 Å². The van der Waals surface area contributed by atoms with E-state index in [-0.39, 0.29) is 12.0 Å². The summed E-state index contributed by atoms with van der Waals surface area (Å²) < 4.78 is 5.58. The minimum atomic E-state index is -0.440. The van der Waals surface area contributed by atoms with Crippen molar-refractivity contribution in [2.24, 2.45) is 11.7 Å². The molecule has 1 saturated heterocycles. The number of urea groups is 1. The number of carbonyl (C=O) groups excluding carboxylic acids is 2. The molecule has 1 aliphatic carbocycles. The third kappa shape index (κ3) is 3.84. The SMILES string of the molecule is C[C@@H]1CCc2sc(C(=O)NC[C@H]3CN(C(N)=O)CCO3)cc2C1. The van der Waals surface area contributed by atoms with Gasteiger partial charge < -0.3 is 20.7 Å². The highest BCUT2D eigenvalue weighted by Gasteiger charge is 2.24. The maximum Gasteiger partial charge on any atom is 0.314 e. The molecule has 0 saturated carbocycles. The number of aryl methyl sites for hydroxylation is 1. The van der Waals surface area contributed by atoms with Crippen LogP contribution in [0.3, 0.4) is 0 Å². The average molecular weight is 337 g/mol. The van der Waals surface area contributed by atoms with Gasteiger partial charge in [-0.3, -0.25) is 4.79 Å². The van der Waals surface area contributed by atoms with Crippen LogP contribution < -0.4 is 11.1 Å². The van der Waals surface area contributed by atoms with Crippen molar-refractivity contribution < 1.29 is 14.3 Å². The van der Waals surface area contributed by atoms with Crippen LogP contribution in [-0.2, 0) is 17.6 Å². The summed E-state index contributed by atoms with van der Waals surface area (Å²) >= 11 is 1.60. The van der Waals surface area contributed by atoms with Crippen molar-refractivity contribution in [3.63, 3.8) is 0 Å². The standard InChI is InChI=1S/C16H23N3O3S/c1-10-2-3-13-11(6-10)7-14(23-13)15(20)18-8-12-9-19(16(17)21)4-5-22-12/h7,10,12H,2-6,8-9H2,1H3,(H2,17,21)(H,18,20)/t10-,12+/m1/s1. The molecular formula is C16H23N3O3S. The third-order valence-corrected chi connectivity index (χ3v) is 5.73. The van der Waals surface area contributed by atoms with Crippen molar-refractivity contribution in [1.82, 2.24) is 10.2 Å². The molecule has 0 aromatic carbocycles. The van der Waals surface area contributed by atoms with Gasteiger partial charge in [-0.1, -0.05) is 6.92 Å². The molecule has 2 atom stereocenters. The van der Waals surface area contributed by atoms with Crippen LogP contribution in [0.5, 0.6) is 0 Å². The zero-order valence-corrected chi connectivity index (χ0v) is 14.2. The summed E-state index contributed by atoms with van der Waals surface area (Å²) in [6, 6.07) is 1.59. The van der Waals surface area contributed by atoms with Gasteiger partial charge in [0.25, 0.3) is 5.91 Å². The Morgan fingerprint density at radius 2 is 2.35 bits per heavy atom. The largest absolute Gasteiger partial charge is 0.373 e. The summed E-state index contributed by atoms with van der Waals surface area (Å²) in [5.74, 6) is 0.639. The van der Waals surface area contributed by atoms with Crippen LogP contribution in [0.15, 0.2) is 6.07 Å². The number of rotatable bonds is 3. The maximum atomic E-state index is 12.3. The Bertz CT molecular complexity index is 601. The number of amides is 3. The van der Waals surface area contributed by atoms with Crippen molar-refractivity contribution >= 4 is 23.3 Å². The van der Waals surface area contributed by atoms with Gasteiger partial charge in [-0.25, -0.2) is 4.79 Å². The number of fused-ring (bicyclic) bond motifs is 1. The van der Waals surface area contributed by atoms with E-state index in [0.717, 1.165) is 17.7 Å². The molecule has 126 valence electrons. The van der Waals surface area contributed by atoms with Crippen LogP contribution in [-0.4, -0.2) is 49.2 Å². The van der Waals surface area contributed by atoms with Gasteiger partial charge in [-0.2, -0.15) is 0 Å². The molecule has 23 heavy (non-hydrogen) atoms. The predicted octanol–water partition coefficient (Wildman–Crippen LogP) is 1.38. The molecule has 1 aromatic rings. The van der Waals surface area contributed by atoms with Crippen LogP contribution in [0, 0.1) is 5.92 Å². The van der Waals surface area contributed by atoms with E-state index in [1.54, 1.807) is 16.2 Å². The van der Waals surface area contributed by atoms with E-state index in [0.29, 0.717) is 32.2 Å². The molecule has 3 rings (SSSR count). The van der Waals surface area contributed by atoms with E-state index in [1.165, 1.54) is 16.9 Å². The molecule has 1 aromatic heterocycles. The second-order valence-electron chi connectivity index (χ2n) is 6.39. The number of hydrogen-bond acceptors (Lipinski definition) is 4. The second-order valence-corrected chi connectivity index (χ2v) is 7.53. The molecule has 2 heterocycles. The van der Waals surface area contributed by atoms with Gasteiger partial charge in [0.1, 0.15) is 0 Å². The first kappa shape index (κ1) is 16.3. The predicted molar refractivity (Wildman–Crippen MR) is 88.7 cm³/mol. The number of nitrogens with two attached hydrogens (primary N) is 1. The normalized spacial score (nSPS) is 24.1. The molecule has 1 fully saturated rings. The highest BCUT2D eigenvalue weighted by Crippen LogP contribution is 2.32. The Hall–Kier alpha value is -1.60. The van der Waals surface area contributed by atoms with Crippen molar-refractivity contribution in [3.05, 3.63) is 21.4 Å². The van der Waals surface area contributed by atoms with E-state index in [4.69, 9.17) is 10.5 Å². The molecule has 2 aliphatic rings.